The quantitative estimate of drug-likeness (QED) is 0.780. The lowest BCUT2D eigenvalue weighted by Gasteiger charge is -2.07. The van der Waals surface area contributed by atoms with Gasteiger partial charge in [-0.2, -0.15) is 0 Å². The van der Waals surface area contributed by atoms with Gasteiger partial charge in [0.2, 0.25) is 0 Å². The van der Waals surface area contributed by atoms with Crippen LogP contribution in [0.5, 0.6) is 5.75 Å². The van der Waals surface area contributed by atoms with Gasteiger partial charge in [0.05, 0.1) is 21.6 Å². The van der Waals surface area contributed by atoms with Crippen molar-refractivity contribution >= 4 is 37.8 Å². The molecule has 0 aliphatic heterocycles. The van der Waals surface area contributed by atoms with E-state index in [1.807, 2.05) is 24.3 Å². The first kappa shape index (κ1) is 14.1. The zero-order valence-electron chi connectivity index (χ0n) is 9.98. The molecule has 0 radical (unpaired) electrons. The number of rotatable bonds is 2. The Balaban J connectivity index is 2.40. The van der Waals surface area contributed by atoms with E-state index >= 15 is 0 Å². The lowest BCUT2D eigenvalue weighted by Crippen LogP contribution is -2.00. The summed E-state index contributed by atoms with van der Waals surface area (Å²) in [6, 6.07) is 10.7. The van der Waals surface area contributed by atoms with Crippen LogP contribution in [0.2, 0.25) is 0 Å². The summed E-state index contributed by atoms with van der Waals surface area (Å²) in [5, 5.41) is 9.67. The minimum absolute atomic E-state index is 0.162. The molecule has 98 valence electrons. The molecule has 1 N–H and O–H groups in total. The van der Waals surface area contributed by atoms with Crippen LogP contribution in [-0.2, 0) is 4.74 Å². The Morgan fingerprint density at radius 3 is 2.05 bits per heavy atom. The molecule has 3 nitrogen and oxygen atoms in total. The van der Waals surface area contributed by atoms with Crippen LogP contribution in [0.15, 0.2) is 45.3 Å². The molecule has 5 heteroatoms. The molecule has 0 saturated heterocycles. The fraction of sp³-hybridized carbons (Fsp3) is 0.0714. The molecule has 0 aliphatic carbocycles. The van der Waals surface area contributed by atoms with Gasteiger partial charge in [0.1, 0.15) is 5.75 Å². The van der Waals surface area contributed by atoms with Crippen molar-refractivity contribution in [1.29, 1.82) is 0 Å². The summed E-state index contributed by atoms with van der Waals surface area (Å²) >= 11 is 6.58. The van der Waals surface area contributed by atoms with Gasteiger partial charge >= 0.3 is 5.97 Å². The Morgan fingerprint density at radius 2 is 1.58 bits per heavy atom. The number of halogens is 2. The standard InChI is InChI=1S/C14H10Br2O3/c1-19-14(18)9-4-2-8(3-5-9)10-6-11(15)13(17)12(16)7-10/h2-7,17H,1H3. The Hall–Kier alpha value is -1.33. The molecule has 2 rings (SSSR count). The molecule has 0 unspecified atom stereocenters. The second-order valence-electron chi connectivity index (χ2n) is 3.86. The number of hydrogen-bond donors (Lipinski definition) is 1. The average Bonchev–Trinajstić information content (AvgIpc) is 2.43. The number of benzene rings is 2. The summed E-state index contributed by atoms with van der Waals surface area (Å²) in [5.41, 5.74) is 2.37. The SMILES string of the molecule is COC(=O)c1ccc(-c2cc(Br)c(O)c(Br)c2)cc1. The molecule has 19 heavy (non-hydrogen) atoms. The molecule has 2 aromatic carbocycles. The van der Waals surface area contributed by atoms with Crippen LogP contribution in [0.4, 0.5) is 0 Å². The van der Waals surface area contributed by atoms with E-state index in [1.165, 1.54) is 7.11 Å². The Morgan fingerprint density at radius 1 is 1.05 bits per heavy atom. The van der Waals surface area contributed by atoms with Crippen molar-refractivity contribution in [3.8, 4) is 16.9 Å². The number of methoxy groups -OCH3 is 1. The van der Waals surface area contributed by atoms with Crippen molar-refractivity contribution in [2.75, 3.05) is 7.11 Å². The van der Waals surface area contributed by atoms with Crippen LogP contribution >= 0.6 is 31.9 Å². The minimum Gasteiger partial charge on any atom is -0.506 e. The number of phenolic OH excluding ortho intramolecular Hbond substituents is 1. The predicted molar refractivity (Wildman–Crippen MR) is 80.3 cm³/mol. The van der Waals surface area contributed by atoms with Crippen molar-refractivity contribution in [1.82, 2.24) is 0 Å². The topological polar surface area (TPSA) is 46.5 Å². The van der Waals surface area contributed by atoms with Crippen LogP contribution in [-0.4, -0.2) is 18.2 Å². The summed E-state index contributed by atoms with van der Waals surface area (Å²) in [4.78, 5) is 11.3. The minimum atomic E-state index is -0.361. The average molecular weight is 386 g/mol. The van der Waals surface area contributed by atoms with E-state index in [4.69, 9.17) is 0 Å². The van der Waals surface area contributed by atoms with Crippen molar-refractivity contribution in [2.24, 2.45) is 0 Å². The maximum Gasteiger partial charge on any atom is 0.337 e. The largest absolute Gasteiger partial charge is 0.506 e. The highest BCUT2D eigenvalue weighted by Gasteiger charge is 2.09. The van der Waals surface area contributed by atoms with Crippen molar-refractivity contribution in [3.63, 3.8) is 0 Å². The molecule has 0 fully saturated rings. The third kappa shape index (κ3) is 2.98. The molecule has 0 saturated carbocycles. The third-order valence-corrected chi connectivity index (χ3v) is 3.87. The number of esters is 1. The Bertz CT molecular complexity index is 598. The maximum atomic E-state index is 11.3. The molecular weight excluding hydrogens is 376 g/mol. The number of ether oxygens (including phenoxy) is 1. The summed E-state index contributed by atoms with van der Waals surface area (Å²) in [6.45, 7) is 0. The van der Waals surface area contributed by atoms with E-state index in [0.29, 0.717) is 14.5 Å². The number of carbonyl (C=O) groups excluding carboxylic acids is 1. The van der Waals surface area contributed by atoms with Crippen molar-refractivity contribution in [3.05, 3.63) is 50.9 Å². The van der Waals surface area contributed by atoms with E-state index in [1.54, 1.807) is 12.1 Å². The zero-order chi connectivity index (χ0) is 14.0. The number of hydrogen-bond acceptors (Lipinski definition) is 3. The van der Waals surface area contributed by atoms with E-state index in [-0.39, 0.29) is 11.7 Å². The van der Waals surface area contributed by atoms with E-state index in [9.17, 15) is 9.90 Å². The van der Waals surface area contributed by atoms with Crippen molar-refractivity contribution < 1.29 is 14.6 Å². The molecule has 0 bridgehead atoms. The van der Waals surface area contributed by atoms with Gasteiger partial charge in [-0.25, -0.2) is 4.79 Å². The van der Waals surface area contributed by atoms with E-state index < -0.39 is 0 Å². The summed E-state index contributed by atoms with van der Waals surface area (Å²) in [6.07, 6.45) is 0. The summed E-state index contributed by atoms with van der Waals surface area (Å²) in [7, 11) is 1.35. The fourth-order valence-electron chi connectivity index (χ4n) is 1.65. The second-order valence-corrected chi connectivity index (χ2v) is 5.57. The zero-order valence-corrected chi connectivity index (χ0v) is 13.2. The predicted octanol–water partition coefficient (Wildman–Crippen LogP) is 4.37. The molecule has 0 aromatic heterocycles. The van der Waals surface area contributed by atoms with Crippen LogP contribution in [0.1, 0.15) is 10.4 Å². The van der Waals surface area contributed by atoms with Gasteiger partial charge in [-0.05, 0) is 67.3 Å². The summed E-state index contributed by atoms with van der Waals surface area (Å²) in [5.74, 6) is -0.199. The molecule has 0 heterocycles. The van der Waals surface area contributed by atoms with Crippen LogP contribution < -0.4 is 0 Å². The third-order valence-electron chi connectivity index (χ3n) is 2.66. The molecule has 0 spiro atoms. The molecule has 0 aliphatic rings. The van der Waals surface area contributed by atoms with Crippen molar-refractivity contribution in [2.45, 2.75) is 0 Å². The van der Waals surface area contributed by atoms with Gasteiger partial charge in [0.25, 0.3) is 0 Å². The second kappa shape index (κ2) is 5.75. The first-order valence-corrected chi connectivity index (χ1v) is 6.98. The molecule has 2 aromatic rings. The van der Waals surface area contributed by atoms with Gasteiger partial charge < -0.3 is 9.84 Å². The Labute approximate surface area is 127 Å². The van der Waals surface area contributed by atoms with Crippen LogP contribution in [0.25, 0.3) is 11.1 Å². The molecule has 0 amide bonds. The van der Waals surface area contributed by atoms with Gasteiger partial charge in [-0.15, -0.1) is 0 Å². The van der Waals surface area contributed by atoms with Gasteiger partial charge in [0.15, 0.2) is 0 Å². The van der Waals surface area contributed by atoms with Crippen LogP contribution in [0.3, 0.4) is 0 Å². The normalized spacial score (nSPS) is 10.3. The smallest absolute Gasteiger partial charge is 0.337 e. The first-order chi connectivity index (χ1) is 9.02. The van der Waals surface area contributed by atoms with Gasteiger partial charge in [-0.3, -0.25) is 0 Å². The van der Waals surface area contributed by atoms with E-state index in [2.05, 4.69) is 36.6 Å². The van der Waals surface area contributed by atoms with Gasteiger partial charge in [-0.1, -0.05) is 12.1 Å². The molecular formula is C14H10Br2O3. The highest BCUT2D eigenvalue weighted by Crippen LogP contribution is 2.36. The van der Waals surface area contributed by atoms with Crippen LogP contribution in [0, 0.1) is 0 Å². The lowest BCUT2D eigenvalue weighted by molar-refractivity contribution is 0.0601. The molecule has 0 atom stereocenters. The maximum absolute atomic E-state index is 11.3. The highest BCUT2D eigenvalue weighted by atomic mass is 79.9. The van der Waals surface area contributed by atoms with Gasteiger partial charge in [0, 0.05) is 0 Å². The number of phenols is 1. The number of aromatic hydroxyl groups is 1. The highest BCUT2D eigenvalue weighted by molar-refractivity contribution is 9.11. The lowest BCUT2D eigenvalue weighted by atomic mass is 10.0. The fourth-order valence-corrected chi connectivity index (χ4v) is 2.84. The van der Waals surface area contributed by atoms with E-state index in [0.717, 1.165) is 11.1 Å². The number of carbonyl (C=O) groups is 1. The first-order valence-electron chi connectivity index (χ1n) is 5.39. The summed E-state index contributed by atoms with van der Waals surface area (Å²) < 4.78 is 5.86. The monoisotopic (exact) mass is 384 g/mol. The Kier molecular flexibility index (Phi) is 4.27.